The van der Waals surface area contributed by atoms with Crippen molar-refractivity contribution in [1.82, 2.24) is 10.3 Å². The Balaban J connectivity index is 1.64. The second-order valence-electron chi connectivity index (χ2n) is 7.91. The summed E-state index contributed by atoms with van der Waals surface area (Å²) in [6, 6.07) is 16.4. The van der Waals surface area contributed by atoms with Crippen LogP contribution in [-0.4, -0.2) is 41.1 Å². The van der Waals surface area contributed by atoms with Gasteiger partial charge in [-0.1, -0.05) is 30.3 Å². The Kier molecular flexibility index (Phi) is 5.18. The molecule has 3 aromatic rings. The van der Waals surface area contributed by atoms with Crippen LogP contribution in [0, 0.1) is 0 Å². The van der Waals surface area contributed by atoms with Crippen molar-refractivity contribution in [3.05, 3.63) is 89.2 Å². The fourth-order valence-corrected chi connectivity index (χ4v) is 4.26. The minimum absolute atomic E-state index is 0.178. The second-order valence-corrected chi connectivity index (χ2v) is 7.91. The third-order valence-corrected chi connectivity index (χ3v) is 5.65. The lowest BCUT2D eigenvalue weighted by atomic mass is 9.97. The maximum Gasteiger partial charge on any atom is 0.272 e. The number of hydrogen-bond acceptors (Lipinski definition) is 5. The van der Waals surface area contributed by atoms with Crippen molar-refractivity contribution in [2.45, 2.75) is 19.5 Å². The van der Waals surface area contributed by atoms with Crippen LogP contribution in [0.3, 0.4) is 0 Å². The molecule has 3 amide bonds. The summed E-state index contributed by atoms with van der Waals surface area (Å²) >= 11 is 0. The topological polar surface area (TPSA) is 104 Å². The van der Waals surface area contributed by atoms with Gasteiger partial charge in [-0.15, -0.1) is 0 Å². The van der Waals surface area contributed by atoms with Gasteiger partial charge in [0.1, 0.15) is 0 Å². The van der Waals surface area contributed by atoms with Gasteiger partial charge in [-0.25, -0.2) is 4.99 Å². The van der Waals surface area contributed by atoms with Crippen LogP contribution in [0.15, 0.2) is 72.0 Å². The van der Waals surface area contributed by atoms with Crippen LogP contribution in [0.1, 0.15) is 34.0 Å². The molecule has 1 aromatic heterocycles. The number of nitrogens with zero attached hydrogens (tertiary/aromatic N) is 3. The molecule has 0 unspecified atom stereocenters. The van der Waals surface area contributed by atoms with Crippen molar-refractivity contribution >= 4 is 34.8 Å². The van der Waals surface area contributed by atoms with Crippen LogP contribution < -0.4 is 15.5 Å². The van der Waals surface area contributed by atoms with Gasteiger partial charge in [0.2, 0.25) is 12.1 Å². The highest BCUT2D eigenvalue weighted by Crippen LogP contribution is 2.38. The van der Waals surface area contributed by atoms with Gasteiger partial charge in [0.05, 0.1) is 11.4 Å². The highest BCUT2D eigenvalue weighted by molar-refractivity contribution is 6.22. The molecule has 0 fully saturated rings. The van der Waals surface area contributed by atoms with Crippen LogP contribution >= 0.6 is 0 Å². The van der Waals surface area contributed by atoms with E-state index in [2.05, 4.69) is 15.6 Å². The highest BCUT2D eigenvalue weighted by Gasteiger charge is 2.37. The second kappa shape index (κ2) is 8.31. The largest absolute Gasteiger partial charge is 0.326 e. The summed E-state index contributed by atoms with van der Waals surface area (Å²) in [5.74, 6) is -0.880. The number of aromatic nitrogens is 1. The molecule has 33 heavy (non-hydrogen) atoms. The molecule has 3 heterocycles. The minimum Gasteiger partial charge on any atom is -0.326 e. The Labute approximate surface area is 190 Å². The summed E-state index contributed by atoms with van der Waals surface area (Å²) in [6.07, 6.45) is 2.60. The molecule has 0 aliphatic carbocycles. The van der Waals surface area contributed by atoms with Crippen molar-refractivity contribution in [3.8, 4) is 0 Å². The molecule has 1 atom stereocenters. The molecule has 2 aromatic carbocycles. The maximum absolute atomic E-state index is 13.5. The summed E-state index contributed by atoms with van der Waals surface area (Å²) in [6.45, 7) is 1.93. The molecule has 164 valence electrons. The molecular formula is C25H21N5O3. The normalized spacial score (nSPS) is 16.5. The van der Waals surface area contributed by atoms with Gasteiger partial charge in [0.25, 0.3) is 11.8 Å². The van der Waals surface area contributed by atoms with Crippen LogP contribution in [-0.2, 0) is 16.0 Å². The zero-order valence-electron chi connectivity index (χ0n) is 17.9. The number of amides is 3. The highest BCUT2D eigenvalue weighted by atomic mass is 16.2. The van der Waals surface area contributed by atoms with E-state index in [1.165, 1.54) is 19.3 Å². The van der Waals surface area contributed by atoms with Gasteiger partial charge >= 0.3 is 0 Å². The SMILES string of the molecule is CC(=O)Nc1cc2c3c(c1)C(c1ccccc1)=N[C@@H](NC(=O)c1ccncc1)C(=O)N3CC2. The third kappa shape index (κ3) is 3.87. The predicted octanol–water partition coefficient (Wildman–Crippen LogP) is 2.54. The summed E-state index contributed by atoms with van der Waals surface area (Å²) in [4.78, 5) is 48.4. The van der Waals surface area contributed by atoms with Crippen LogP contribution in [0.5, 0.6) is 0 Å². The van der Waals surface area contributed by atoms with E-state index in [0.717, 1.165) is 22.4 Å². The lowest BCUT2D eigenvalue weighted by Gasteiger charge is -2.21. The first-order valence-electron chi connectivity index (χ1n) is 10.6. The van der Waals surface area contributed by atoms with Gasteiger partial charge in [-0.3, -0.25) is 19.4 Å². The van der Waals surface area contributed by atoms with Gasteiger partial charge in [0, 0.05) is 48.2 Å². The van der Waals surface area contributed by atoms with E-state index in [-0.39, 0.29) is 11.8 Å². The molecule has 2 aliphatic rings. The summed E-state index contributed by atoms with van der Waals surface area (Å²) in [7, 11) is 0. The number of anilines is 2. The van der Waals surface area contributed by atoms with E-state index in [0.29, 0.717) is 29.9 Å². The number of carbonyl (C=O) groups is 3. The van der Waals surface area contributed by atoms with Gasteiger partial charge in [-0.2, -0.15) is 0 Å². The predicted molar refractivity (Wildman–Crippen MR) is 124 cm³/mol. The van der Waals surface area contributed by atoms with Crippen molar-refractivity contribution < 1.29 is 14.4 Å². The maximum atomic E-state index is 13.5. The number of pyridine rings is 1. The number of rotatable bonds is 4. The number of benzene rings is 2. The summed E-state index contributed by atoms with van der Waals surface area (Å²) < 4.78 is 0. The standard InChI is InChI=1S/C25H21N5O3/c1-15(31)27-19-13-18-9-12-30-22(18)20(14-19)21(16-5-3-2-4-6-16)28-23(25(30)33)29-24(32)17-7-10-26-11-8-17/h2-8,10-11,13-14,23H,9,12H2,1H3,(H,27,31)(H,29,32)/t23-/m0/s1. The van der Waals surface area contributed by atoms with Gasteiger partial charge in [-0.05, 0) is 36.2 Å². The zero-order chi connectivity index (χ0) is 22.9. The molecule has 0 spiro atoms. The number of carbonyl (C=O) groups excluding carboxylic acids is 3. The molecule has 2 N–H and O–H groups in total. The van der Waals surface area contributed by atoms with Gasteiger partial charge < -0.3 is 15.5 Å². The fourth-order valence-electron chi connectivity index (χ4n) is 4.26. The first kappa shape index (κ1) is 20.6. The first-order chi connectivity index (χ1) is 16.0. The summed E-state index contributed by atoms with van der Waals surface area (Å²) in [5, 5.41) is 5.62. The lowest BCUT2D eigenvalue weighted by Crippen LogP contribution is -2.46. The molecule has 0 saturated heterocycles. The average Bonchev–Trinajstić information content (AvgIpc) is 3.21. The van der Waals surface area contributed by atoms with Crippen LogP contribution in [0.2, 0.25) is 0 Å². The van der Waals surface area contributed by atoms with Crippen molar-refractivity contribution in [2.24, 2.45) is 4.99 Å². The molecule has 2 aliphatic heterocycles. The Morgan fingerprint density at radius 3 is 2.55 bits per heavy atom. The Morgan fingerprint density at radius 2 is 1.82 bits per heavy atom. The molecule has 0 saturated carbocycles. The fraction of sp³-hybridized carbons (Fsp3) is 0.160. The summed E-state index contributed by atoms with van der Waals surface area (Å²) in [5.41, 5.74) is 4.90. The Morgan fingerprint density at radius 1 is 1.06 bits per heavy atom. The van der Waals surface area contributed by atoms with E-state index in [4.69, 9.17) is 4.99 Å². The smallest absolute Gasteiger partial charge is 0.272 e. The number of aliphatic imine (C=N–C) groups is 1. The van der Waals surface area contributed by atoms with Crippen LogP contribution in [0.25, 0.3) is 0 Å². The van der Waals surface area contributed by atoms with E-state index >= 15 is 0 Å². The van der Waals surface area contributed by atoms with E-state index < -0.39 is 12.1 Å². The van der Waals surface area contributed by atoms with Crippen molar-refractivity contribution in [1.29, 1.82) is 0 Å². The lowest BCUT2D eigenvalue weighted by molar-refractivity contribution is -0.120. The van der Waals surface area contributed by atoms with E-state index in [1.807, 2.05) is 42.5 Å². The molecule has 0 bridgehead atoms. The van der Waals surface area contributed by atoms with E-state index in [1.54, 1.807) is 17.0 Å². The first-order valence-corrected chi connectivity index (χ1v) is 10.6. The van der Waals surface area contributed by atoms with Crippen LogP contribution in [0.4, 0.5) is 11.4 Å². The minimum atomic E-state index is -1.09. The Hall–Kier alpha value is -4.33. The van der Waals surface area contributed by atoms with E-state index in [9.17, 15) is 14.4 Å². The van der Waals surface area contributed by atoms with Crippen molar-refractivity contribution in [3.63, 3.8) is 0 Å². The quantitative estimate of drug-likeness (QED) is 0.652. The average molecular weight is 439 g/mol. The Bertz CT molecular complexity index is 1290. The number of hydrogen-bond donors (Lipinski definition) is 2. The zero-order valence-corrected chi connectivity index (χ0v) is 17.9. The monoisotopic (exact) mass is 439 g/mol. The van der Waals surface area contributed by atoms with Gasteiger partial charge in [0.15, 0.2) is 0 Å². The van der Waals surface area contributed by atoms with Crippen molar-refractivity contribution in [2.75, 3.05) is 16.8 Å². The molecule has 0 radical (unpaired) electrons. The molecule has 5 rings (SSSR count). The third-order valence-electron chi connectivity index (χ3n) is 5.65. The number of nitrogens with one attached hydrogen (secondary N) is 2. The molecule has 8 nitrogen and oxygen atoms in total. The molecule has 8 heteroatoms. The molecular weight excluding hydrogens is 418 g/mol.